The number of aromatic amines is 1. The lowest BCUT2D eigenvalue weighted by Gasteiger charge is -2.32. The molecule has 1 N–H and O–H groups in total. The van der Waals surface area contributed by atoms with Crippen molar-refractivity contribution in [2.24, 2.45) is 0 Å². The quantitative estimate of drug-likeness (QED) is 0.377. The number of fused-ring (bicyclic) bond motifs is 1. The zero-order valence-electron chi connectivity index (χ0n) is 16.8. The third kappa shape index (κ3) is 5.45. The summed E-state index contributed by atoms with van der Waals surface area (Å²) in [6, 6.07) is 4.43. The summed E-state index contributed by atoms with van der Waals surface area (Å²) in [5.74, 6) is 0.695. The Morgan fingerprint density at radius 2 is 2.16 bits per heavy atom. The second kappa shape index (κ2) is 9.82. The molecule has 0 atom stereocenters. The van der Waals surface area contributed by atoms with Crippen LogP contribution in [0.3, 0.4) is 0 Å². The molecule has 3 aromatic rings. The highest BCUT2D eigenvalue weighted by molar-refractivity contribution is 9.10. The maximum absolute atomic E-state index is 13.5. The molecule has 0 bridgehead atoms. The molecule has 3 heterocycles. The van der Waals surface area contributed by atoms with Gasteiger partial charge in [-0.2, -0.15) is 4.98 Å². The number of nitrogens with one attached hydrogen (secondary N) is 1. The van der Waals surface area contributed by atoms with Gasteiger partial charge >= 0.3 is 5.97 Å². The average molecular weight is 510 g/mol. The number of piperidine rings is 1. The van der Waals surface area contributed by atoms with Crippen molar-refractivity contribution in [1.82, 2.24) is 19.9 Å². The molecule has 0 spiro atoms. The molecule has 1 aliphatic heterocycles. The number of hydrogen-bond donors (Lipinski definition) is 1. The van der Waals surface area contributed by atoms with E-state index in [9.17, 15) is 9.18 Å². The summed E-state index contributed by atoms with van der Waals surface area (Å²) in [5.41, 5.74) is 1.27. The SMILES string of the molecule is CCOC(=O)CSc1nc2nc(N3CCC(Oc4cc(F)ccc4Br)CC3)ncc2[nH]1. The van der Waals surface area contributed by atoms with Gasteiger partial charge in [0, 0.05) is 32.0 Å². The lowest BCUT2D eigenvalue weighted by Crippen LogP contribution is -2.39. The average Bonchev–Trinajstić information content (AvgIpc) is 3.18. The van der Waals surface area contributed by atoms with Gasteiger partial charge in [-0.15, -0.1) is 0 Å². The van der Waals surface area contributed by atoms with Crippen LogP contribution in [0.4, 0.5) is 10.3 Å². The molecule has 164 valence electrons. The smallest absolute Gasteiger partial charge is 0.316 e. The normalized spacial score (nSPS) is 14.7. The fourth-order valence-electron chi connectivity index (χ4n) is 3.25. The zero-order valence-corrected chi connectivity index (χ0v) is 19.2. The fourth-order valence-corrected chi connectivity index (χ4v) is 4.26. The maximum atomic E-state index is 13.5. The van der Waals surface area contributed by atoms with Gasteiger partial charge in [-0.1, -0.05) is 11.8 Å². The van der Waals surface area contributed by atoms with E-state index in [1.54, 1.807) is 19.2 Å². The largest absolute Gasteiger partial charge is 0.489 e. The minimum atomic E-state index is -0.323. The lowest BCUT2D eigenvalue weighted by molar-refractivity contribution is -0.139. The van der Waals surface area contributed by atoms with Crippen LogP contribution < -0.4 is 9.64 Å². The second-order valence-corrected chi connectivity index (χ2v) is 8.74. The maximum Gasteiger partial charge on any atom is 0.316 e. The van der Waals surface area contributed by atoms with E-state index in [0.29, 0.717) is 34.6 Å². The van der Waals surface area contributed by atoms with Crippen LogP contribution in [0.25, 0.3) is 11.2 Å². The van der Waals surface area contributed by atoms with Crippen molar-refractivity contribution in [3.05, 3.63) is 34.7 Å². The summed E-state index contributed by atoms with van der Waals surface area (Å²) in [6.07, 6.45) is 3.23. The number of thioether (sulfide) groups is 1. The molecule has 1 saturated heterocycles. The molecule has 1 aliphatic rings. The number of carbonyl (C=O) groups excluding carboxylic acids is 1. The first-order valence-corrected chi connectivity index (χ1v) is 11.7. The van der Waals surface area contributed by atoms with E-state index in [4.69, 9.17) is 9.47 Å². The predicted molar refractivity (Wildman–Crippen MR) is 119 cm³/mol. The molecule has 0 saturated carbocycles. The van der Waals surface area contributed by atoms with Crippen molar-refractivity contribution in [2.45, 2.75) is 31.0 Å². The Morgan fingerprint density at radius 1 is 1.35 bits per heavy atom. The predicted octanol–water partition coefficient (Wildman–Crippen LogP) is 3.96. The molecule has 2 aromatic heterocycles. The summed E-state index contributed by atoms with van der Waals surface area (Å²) in [7, 11) is 0. The van der Waals surface area contributed by atoms with E-state index in [0.717, 1.165) is 30.4 Å². The number of benzene rings is 1. The molecule has 1 aromatic carbocycles. The number of hydrogen-bond acceptors (Lipinski definition) is 8. The summed E-state index contributed by atoms with van der Waals surface area (Å²) in [6.45, 7) is 3.57. The molecule has 0 aliphatic carbocycles. The van der Waals surface area contributed by atoms with Crippen molar-refractivity contribution in [3.8, 4) is 5.75 Å². The van der Waals surface area contributed by atoms with Crippen molar-refractivity contribution in [1.29, 1.82) is 0 Å². The third-order valence-corrected chi connectivity index (χ3v) is 6.25. The molecule has 1 fully saturated rings. The first kappa shape index (κ1) is 21.8. The molecule has 0 radical (unpaired) electrons. The number of ether oxygens (including phenoxy) is 2. The summed E-state index contributed by atoms with van der Waals surface area (Å²) in [4.78, 5) is 30.2. The number of carbonyl (C=O) groups is 1. The van der Waals surface area contributed by atoms with Crippen LogP contribution in [0.1, 0.15) is 19.8 Å². The van der Waals surface area contributed by atoms with Crippen molar-refractivity contribution in [3.63, 3.8) is 0 Å². The molecule has 0 amide bonds. The number of H-pyrrole nitrogens is 1. The Kier molecular flexibility index (Phi) is 6.91. The Morgan fingerprint density at radius 3 is 2.94 bits per heavy atom. The number of nitrogens with zero attached hydrogens (tertiary/aromatic N) is 4. The van der Waals surface area contributed by atoms with Gasteiger partial charge in [0.2, 0.25) is 5.95 Å². The molecule has 8 nitrogen and oxygen atoms in total. The van der Waals surface area contributed by atoms with Gasteiger partial charge in [-0.05, 0) is 35.0 Å². The van der Waals surface area contributed by atoms with Gasteiger partial charge in [-0.25, -0.2) is 14.4 Å². The van der Waals surface area contributed by atoms with Gasteiger partial charge in [0.25, 0.3) is 0 Å². The standard InChI is InChI=1S/C20H21BrFN5O3S/c1-2-29-17(28)11-31-20-24-15-10-23-19(25-18(15)26-20)27-7-5-13(6-8-27)30-16-9-12(22)3-4-14(16)21/h3-4,9-10,13H,2,5-8,11H2,1H3,(H,23,24,25,26). The Balaban J connectivity index is 1.36. The fraction of sp³-hybridized carbons (Fsp3) is 0.400. The van der Waals surface area contributed by atoms with Crippen LogP contribution in [0, 0.1) is 5.82 Å². The van der Waals surface area contributed by atoms with Crippen LogP contribution in [0.15, 0.2) is 34.0 Å². The van der Waals surface area contributed by atoms with Crippen LogP contribution >= 0.6 is 27.7 Å². The van der Waals surface area contributed by atoms with Gasteiger partial charge in [0.1, 0.15) is 23.2 Å². The minimum Gasteiger partial charge on any atom is -0.489 e. The van der Waals surface area contributed by atoms with Gasteiger partial charge < -0.3 is 19.4 Å². The first-order valence-electron chi connectivity index (χ1n) is 9.89. The minimum absolute atomic E-state index is 0.00524. The molecular formula is C20H21BrFN5O3S. The summed E-state index contributed by atoms with van der Waals surface area (Å²) < 4.78 is 25.1. The highest BCUT2D eigenvalue weighted by Gasteiger charge is 2.23. The number of esters is 1. The Labute approximate surface area is 191 Å². The van der Waals surface area contributed by atoms with Crippen LogP contribution in [-0.2, 0) is 9.53 Å². The molecule has 0 unspecified atom stereocenters. The van der Waals surface area contributed by atoms with Gasteiger partial charge in [0.05, 0.1) is 23.0 Å². The summed E-state index contributed by atoms with van der Waals surface area (Å²) in [5, 5.41) is 0.599. The zero-order chi connectivity index (χ0) is 21.8. The monoisotopic (exact) mass is 509 g/mol. The third-order valence-electron chi connectivity index (χ3n) is 4.75. The lowest BCUT2D eigenvalue weighted by atomic mass is 10.1. The van der Waals surface area contributed by atoms with E-state index in [1.807, 2.05) is 0 Å². The van der Waals surface area contributed by atoms with E-state index in [-0.39, 0.29) is 23.6 Å². The number of halogens is 2. The Hall–Kier alpha value is -2.40. The van der Waals surface area contributed by atoms with Crippen molar-refractivity contribution in [2.75, 3.05) is 30.3 Å². The van der Waals surface area contributed by atoms with Crippen molar-refractivity contribution >= 4 is 50.8 Å². The highest BCUT2D eigenvalue weighted by atomic mass is 79.9. The number of anilines is 1. The van der Waals surface area contributed by atoms with Crippen molar-refractivity contribution < 1.29 is 18.7 Å². The topological polar surface area (TPSA) is 93.2 Å². The number of rotatable bonds is 7. The second-order valence-electron chi connectivity index (χ2n) is 6.92. The first-order chi connectivity index (χ1) is 15.0. The highest BCUT2D eigenvalue weighted by Crippen LogP contribution is 2.29. The number of imidazole rings is 1. The van der Waals surface area contributed by atoms with E-state index < -0.39 is 0 Å². The molecule has 4 rings (SSSR count). The Bertz CT molecular complexity index is 1070. The van der Waals surface area contributed by atoms with E-state index >= 15 is 0 Å². The van der Waals surface area contributed by atoms with E-state index in [2.05, 4.69) is 40.8 Å². The van der Waals surface area contributed by atoms with Crippen LogP contribution in [0.5, 0.6) is 5.75 Å². The molecule has 31 heavy (non-hydrogen) atoms. The summed E-state index contributed by atoms with van der Waals surface area (Å²) >= 11 is 4.67. The number of aromatic nitrogens is 4. The molecule has 11 heteroatoms. The van der Waals surface area contributed by atoms with E-state index in [1.165, 1.54) is 23.9 Å². The van der Waals surface area contributed by atoms with Crippen LogP contribution in [-0.4, -0.2) is 57.5 Å². The van der Waals surface area contributed by atoms with Gasteiger partial charge in [0.15, 0.2) is 10.8 Å². The van der Waals surface area contributed by atoms with Crippen LogP contribution in [0.2, 0.25) is 0 Å². The molecular weight excluding hydrogens is 489 g/mol. The van der Waals surface area contributed by atoms with Gasteiger partial charge in [-0.3, -0.25) is 4.79 Å².